The molecule has 2 aromatic carbocycles. The Morgan fingerprint density at radius 2 is 1.61 bits per heavy atom. The number of aliphatic hydroxyl groups excluding tert-OH is 1. The minimum atomic E-state index is -0.429. The first-order valence-electron chi connectivity index (χ1n) is 5.85. The van der Waals surface area contributed by atoms with Gasteiger partial charge in [-0.15, -0.1) is 0 Å². The van der Waals surface area contributed by atoms with E-state index < -0.39 is 6.10 Å². The average Bonchev–Trinajstić information content (AvgIpc) is 2.39. The van der Waals surface area contributed by atoms with Gasteiger partial charge in [0.15, 0.2) is 0 Å². The molecule has 2 nitrogen and oxygen atoms in total. The van der Waals surface area contributed by atoms with Gasteiger partial charge in [-0.3, -0.25) is 0 Å². The van der Waals surface area contributed by atoms with Crippen LogP contribution in [-0.2, 0) is 0 Å². The molecule has 0 spiro atoms. The van der Waals surface area contributed by atoms with Crippen molar-refractivity contribution < 1.29 is 31.0 Å². The summed E-state index contributed by atoms with van der Waals surface area (Å²) in [5.41, 5.74) is 0. The molecule has 1 N–H and O–H groups in total. The molecule has 2 aromatic rings. The summed E-state index contributed by atoms with van der Waals surface area (Å²) >= 11 is -0.112. The first-order valence-corrected chi connectivity index (χ1v) is 8.00. The van der Waals surface area contributed by atoms with E-state index in [1.807, 2.05) is 18.2 Å². The van der Waals surface area contributed by atoms with Crippen LogP contribution in [0.4, 0.5) is 0 Å². The van der Waals surface area contributed by atoms with Crippen molar-refractivity contribution in [1.82, 2.24) is 0 Å². The minimum absolute atomic E-state index is 0.112. The summed E-state index contributed by atoms with van der Waals surface area (Å²) in [4.78, 5) is 0. The van der Waals surface area contributed by atoms with Crippen molar-refractivity contribution in [3.63, 3.8) is 0 Å². The van der Waals surface area contributed by atoms with E-state index >= 15 is 0 Å². The van der Waals surface area contributed by atoms with Gasteiger partial charge in [0.05, 0.1) is 0 Å². The first kappa shape index (κ1) is 13.4. The van der Waals surface area contributed by atoms with Crippen LogP contribution in [0.5, 0.6) is 5.75 Å². The monoisotopic (exact) mass is 355 g/mol. The summed E-state index contributed by atoms with van der Waals surface area (Å²) in [6.07, 6.45) is -0.429. The molecule has 96 valence electrons. The van der Waals surface area contributed by atoms with E-state index in [0.717, 1.165) is 5.75 Å². The van der Waals surface area contributed by atoms with Gasteiger partial charge in [0.2, 0.25) is 0 Å². The van der Waals surface area contributed by atoms with Crippen LogP contribution in [0.3, 0.4) is 0 Å². The zero-order valence-electron chi connectivity index (χ0n) is 10.2. The first-order chi connectivity index (χ1) is 8.74. The van der Waals surface area contributed by atoms with Gasteiger partial charge in [0.25, 0.3) is 0 Å². The Kier molecular flexibility index (Phi) is 5.01. The van der Waals surface area contributed by atoms with E-state index in [2.05, 4.69) is 36.4 Å². The molecular formula is C15H16IO2-. The molecule has 0 saturated carbocycles. The quantitative estimate of drug-likeness (QED) is 0.738. The summed E-state index contributed by atoms with van der Waals surface area (Å²) in [6, 6.07) is 18.7. The summed E-state index contributed by atoms with van der Waals surface area (Å²) in [5, 5.41) is 9.14. The van der Waals surface area contributed by atoms with E-state index in [1.54, 1.807) is 6.92 Å². The molecule has 0 aliphatic heterocycles. The molecule has 0 aromatic heterocycles. The van der Waals surface area contributed by atoms with E-state index in [9.17, 15) is 0 Å². The van der Waals surface area contributed by atoms with E-state index in [1.165, 1.54) is 7.14 Å². The van der Waals surface area contributed by atoms with E-state index in [4.69, 9.17) is 9.84 Å². The fourth-order valence-electron chi connectivity index (χ4n) is 1.41. The van der Waals surface area contributed by atoms with Crippen molar-refractivity contribution in [2.75, 3.05) is 6.61 Å². The molecule has 2 rings (SSSR count). The molecule has 18 heavy (non-hydrogen) atoms. The van der Waals surface area contributed by atoms with Crippen LogP contribution < -0.4 is 25.9 Å². The van der Waals surface area contributed by atoms with E-state index in [0.29, 0.717) is 6.61 Å². The summed E-state index contributed by atoms with van der Waals surface area (Å²) in [6.45, 7) is 2.06. The van der Waals surface area contributed by atoms with Crippen molar-refractivity contribution in [3.05, 3.63) is 61.7 Å². The third-order valence-electron chi connectivity index (χ3n) is 2.26. The van der Waals surface area contributed by atoms with Crippen LogP contribution in [0, 0.1) is 7.14 Å². The second-order valence-corrected chi connectivity index (χ2v) is 7.03. The fourth-order valence-corrected chi connectivity index (χ4v) is 3.63. The Morgan fingerprint density at radius 3 is 2.22 bits per heavy atom. The second kappa shape index (κ2) is 6.75. The van der Waals surface area contributed by atoms with Gasteiger partial charge in [0, 0.05) is 0 Å². The van der Waals surface area contributed by atoms with Gasteiger partial charge in [-0.05, 0) is 0 Å². The molecule has 1 atom stereocenters. The Morgan fingerprint density at radius 1 is 1.00 bits per heavy atom. The Hall–Kier alpha value is -1.07. The predicted octanol–water partition coefficient (Wildman–Crippen LogP) is -0.425. The van der Waals surface area contributed by atoms with Crippen LogP contribution >= 0.6 is 0 Å². The van der Waals surface area contributed by atoms with Gasteiger partial charge in [0.1, 0.15) is 0 Å². The van der Waals surface area contributed by atoms with E-state index in [-0.39, 0.29) is 21.2 Å². The van der Waals surface area contributed by atoms with Crippen LogP contribution in [0.25, 0.3) is 0 Å². The Bertz CT molecular complexity index is 466. The van der Waals surface area contributed by atoms with Gasteiger partial charge >= 0.3 is 118 Å². The van der Waals surface area contributed by atoms with Gasteiger partial charge in [-0.1, -0.05) is 0 Å². The molecule has 0 fully saturated rings. The maximum absolute atomic E-state index is 9.14. The molecule has 1 unspecified atom stereocenters. The number of hydrogen-bond acceptors (Lipinski definition) is 2. The number of hydrogen-bond donors (Lipinski definition) is 1. The normalized spacial score (nSPS) is 12.3. The molecule has 0 aliphatic carbocycles. The van der Waals surface area contributed by atoms with Crippen molar-refractivity contribution >= 4 is 0 Å². The third-order valence-corrected chi connectivity index (χ3v) is 4.94. The zero-order chi connectivity index (χ0) is 12.8. The summed E-state index contributed by atoms with van der Waals surface area (Å²) < 4.78 is 8.21. The number of rotatable bonds is 5. The number of benzene rings is 2. The summed E-state index contributed by atoms with van der Waals surface area (Å²) in [5.74, 6) is 0.816. The molecule has 0 aliphatic rings. The van der Waals surface area contributed by atoms with Crippen LogP contribution in [0.2, 0.25) is 0 Å². The molecule has 0 saturated heterocycles. The second-order valence-electron chi connectivity index (χ2n) is 4.00. The van der Waals surface area contributed by atoms with Gasteiger partial charge in [-0.25, -0.2) is 0 Å². The van der Waals surface area contributed by atoms with Crippen molar-refractivity contribution in [2.45, 2.75) is 13.0 Å². The van der Waals surface area contributed by atoms with Crippen molar-refractivity contribution in [2.24, 2.45) is 0 Å². The predicted molar refractivity (Wildman–Crippen MR) is 67.5 cm³/mol. The molecule has 0 radical (unpaired) electrons. The van der Waals surface area contributed by atoms with Crippen LogP contribution in [0.15, 0.2) is 54.6 Å². The zero-order valence-corrected chi connectivity index (χ0v) is 12.4. The molecule has 3 heteroatoms. The maximum atomic E-state index is 9.14. The topological polar surface area (TPSA) is 29.5 Å². The van der Waals surface area contributed by atoms with Crippen LogP contribution in [0.1, 0.15) is 6.92 Å². The number of ether oxygens (including phenoxy) is 1. The van der Waals surface area contributed by atoms with Gasteiger partial charge in [-0.2, -0.15) is 0 Å². The molecule has 0 heterocycles. The molecule has 0 bridgehead atoms. The van der Waals surface area contributed by atoms with Crippen LogP contribution in [-0.4, -0.2) is 17.8 Å². The Balaban J connectivity index is 1.95. The summed E-state index contributed by atoms with van der Waals surface area (Å²) in [7, 11) is 0. The van der Waals surface area contributed by atoms with Gasteiger partial charge < -0.3 is 0 Å². The van der Waals surface area contributed by atoms with Crippen molar-refractivity contribution in [1.29, 1.82) is 0 Å². The third kappa shape index (κ3) is 4.31. The number of halogens is 1. The number of aliphatic hydroxyl groups is 1. The fraction of sp³-hybridized carbons (Fsp3) is 0.200. The standard InChI is InChI=1S/C15H16IO2/c1-12(17)11-18-15-9-7-14(8-10-15)16-13-5-3-2-4-6-13/h2-10,12,17H,11H2,1H3/q-1. The van der Waals surface area contributed by atoms with Crippen molar-refractivity contribution in [3.8, 4) is 5.75 Å². The average molecular weight is 355 g/mol. The molecular weight excluding hydrogens is 339 g/mol. The molecule has 0 amide bonds. The SMILES string of the molecule is CC(O)COc1ccc([I-]c2ccccc2)cc1. The Labute approximate surface area is 118 Å².